The number of hydrogen-bond donors (Lipinski definition) is 1. The van der Waals surface area contributed by atoms with Crippen LogP contribution >= 0.6 is 0 Å². The normalized spacial score (nSPS) is 28.2. The smallest absolute Gasteiger partial charge is 0.151 e. The van der Waals surface area contributed by atoms with Gasteiger partial charge < -0.3 is 15.5 Å². The Morgan fingerprint density at radius 1 is 1.21 bits per heavy atom. The molecule has 2 N–H and O–H groups in total. The summed E-state index contributed by atoms with van der Waals surface area (Å²) in [5.41, 5.74) is 6.87. The Bertz CT molecular complexity index is 418. The lowest BCUT2D eigenvalue weighted by Crippen LogP contribution is -2.24. The van der Waals surface area contributed by atoms with Crippen LogP contribution in [0.25, 0.3) is 0 Å². The first-order valence-electron chi connectivity index (χ1n) is 7.23. The summed E-state index contributed by atoms with van der Waals surface area (Å²) in [6.45, 7) is 5.13. The Morgan fingerprint density at radius 3 is 2.68 bits per heavy atom. The Morgan fingerprint density at radius 2 is 2.11 bits per heavy atom. The van der Waals surface area contributed by atoms with Gasteiger partial charge in [-0.25, -0.2) is 0 Å². The number of hydrogen-bond acceptors (Lipinski definition) is 5. The van der Waals surface area contributed by atoms with E-state index in [0.29, 0.717) is 11.8 Å². The Labute approximate surface area is 114 Å². The van der Waals surface area contributed by atoms with Crippen molar-refractivity contribution in [2.75, 3.05) is 44.7 Å². The molecule has 3 rings (SSSR count). The van der Waals surface area contributed by atoms with Crippen molar-refractivity contribution in [3.63, 3.8) is 0 Å². The molecule has 0 amide bonds. The molecule has 19 heavy (non-hydrogen) atoms. The SMILES string of the molecule is CN1CCC(c2ccc(N3CCC(CN)C3)nn2)C1. The average Bonchev–Trinajstić information content (AvgIpc) is 3.07. The molecule has 1 aromatic heterocycles. The van der Waals surface area contributed by atoms with Crippen LogP contribution in [0.15, 0.2) is 12.1 Å². The number of anilines is 1. The maximum atomic E-state index is 5.73. The lowest BCUT2D eigenvalue weighted by Gasteiger charge is -2.17. The second kappa shape index (κ2) is 5.43. The summed E-state index contributed by atoms with van der Waals surface area (Å²) >= 11 is 0. The van der Waals surface area contributed by atoms with E-state index < -0.39 is 0 Å². The molecule has 0 aromatic carbocycles. The van der Waals surface area contributed by atoms with Gasteiger partial charge in [0.25, 0.3) is 0 Å². The molecule has 0 bridgehead atoms. The second-order valence-electron chi connectivity index (χ2n) is 5.90. The van der Waals surface area contributed by atoms with Crippen LogP contribution in [0.5, 0.6) is 0 Å². The first-order valence-corrected chi connectivity index (χ1v) is 7.23. The van der Waals surface area contributed by atoms with Gasteiger partial charge in [-0.3, -0.25) is 0 Å². The molecule has 3 heterocycles. The van der Waals surface area contributed by atoms with Gasteiger partial charge in [0.2, 0.25) is 0 Å². The minimum absolute atomic E-state index is 0.557. The fraction of sp³-hybridized carbons (Fsp3) is 0.714. The van der Waals surface area contributed by atoms with Crippen molar-refractivity contribution in [3.8, 4) is 0 Å². The van der Waals surface area contributed by atoms with E-state index in [9.17, 15) is 0 Å². The second-order valence-corrected chi connectivity index (χ2v) is 5.90. The van der Waals surface area contributed by atoms with Crippen molar-refractivity contribution < 1.29 is 0 Å². The number of likely N-dealkylation sites (N-methyl/N-ethyl adjacent to an activating group) is 1. The summed E-state index contributed by atoms with van der Waals surface area (Å²) < 4.78 is 0. The molecule has 0 saturated carbocycles. The first-order chi connectivity index (χ1) is 9.26. The molecule has 1 aromatic rings. The van der Waals surface area contributed by atoms with Crippen LogP contribution in [-0.4, -0.2) is 54.9 Å². The largest absolute Gasteiger partial charge is 0.355 e. The van der Waals surface area contributed by atoms with Gasteiger partial charge in [-0.1, -0.05) is 0 Å². The van der Waals surface area contributed by atoms with Crippen molar-refractivity contribution in [2.45, 2.75) is 18.8 Å². The van der Waals surface area contributed by atoms with Crippen LogP contribution in [0.4, 0.5) is 5.82 Å². The van der Waals surface area contributed by atoms with Gasteiger partial charge >= 0.3 is 0 Å². The van der Waals surface area contributed by atoms with E-state index in [1.807, 2.05) is 0 Å². The Hall–Kier alpha value is -1.20. The van der Waals surface area contributed by atoms with E-state index in [-0.39, 0.29) is 0 Å². The van der Waals surface area contributed by atoms with E-state index in [1.165, 1.54) is 19.4 Å². The average molecular weight is 261 g/mol. The standard InChI is InChI=1S/C14H23N5/c1-18-6-5-12(10-18)13-2-3-14(17-16-13)19-7-4-11(8-15)9-19/h2-3,11-12H,4-10,15H2,1H3. The first kappa shape index (κ1) is 12.8. The molecular weight excluding hydrogens is 238 g/mol. The van der Waals surface area contributed by atoms with Gasteiger partial charge in [-0.05, 0) is 51.0 Å². The maximum absolute atomic E-state index is 5.73. The van der Waals surface area contributed by atoms with Gasteiger partial charge in [0.15, 0.2) is 5.82 Å². The highest BCUT2D eigenvalue weighted by Crippen LogP contribution is 2.26. The lowest BCUT2D eigenvalue weighted by molar-refractivity contribution is 0.410. The van der Waals surface area contributed by atoms with Crippen LogP contribution in [0, 0.1) is 5.92 Å². The Kier molecular flexibility index (Phi) is 3.66. The van der Waals surface area contributed by atoms with Crippen LogP contribution < -0.4 is 10.6 Å². The summed E-state index contributed by atoms with van der Waals surface area (Å²) in [6.07, 6.45) is 2.37. The van der Waals surface area contributed by atoms with Crippen LogP contribution in [-0.2, 0) is 0 Å². The lowest BCUT2D eigenvalue weighted by atomic mass is 10.1. The zero-order valence-corrected chi connectivity index (χ0v) is 11.6. The molecule has 104 valence electrons. The monoisotopic (exact) mass is 261 g/mol. The number of nitrogens with zero attached hydrogens (tertiary/aromatic N) is 4. The van der Waals surface area contributed by atoms with Crippen LogP contribution in [0.2, 0.25) is 0 Å². The molecule has 2 fully saturated rings. The van der Waals surface area contributed by atoms with E-state index in [2.05, 4.69) is 39.2 Å². The highest BCUT2D eigenvalue weighted by Gasteiger charge is 2.25. The topological polar surface area (TPSA) is 58.3 Å². The third kappa shape index (κ3) is 2.72. The van der Waals surface area contributed by atoms with Gasteiger partial charge in [0, 0.05) is 25.6 Å². The molecule has 2 aliphatic rings. The zero-order chi connectivity index (χ0) is 13.2. The third-order valence-electron chi connectivity index (χ3n) is 4.42. The molecular formula is C14H23N5. The summed E-state index contributed by atoms with van der Waals surface area (Å²) in [6, 6.07) is 4.28. The minimum Gasteiger partial charge on any atom is -0.355 e. The molecule has 2 unspecified atom stereocenters. The molecule has 2 saturated heterocycles. The van der Waals surface area contributed by atoms with E-state index in [0.717, 1.165) is 37.7 Å². The Balaban J connectivity index is 1.66. The molecule has 5 heteroatoms. The number of nitrogens with two attached hydrogens (primary N) is 1. The maximum Gasteiger partial charge on any atom is 0.151 e. The van der Waals surface area contributed by atoms with Gasteiger partial charge in [0.05, 0.1) is 5.69 Å². The highest BCUT2D eigenvalue weighted by atomic mass is 15.3. The summed E-state index contributed by atoms with van der Waals surface area (Å²) in [5.74, 6) is 2.18. The third-order valence-corrected chi connectivity index (χ3v) is 4.42. The van der Waals surface area contributed by atoms with E-state index >= 15 is 0 Å². The predicted octanol–water partition coefficient (Wildman–Crippen LogP) is 0.681. The number of aromatic nitrogens is 2. The van der Waals surface area contributed by atoms with Crippen molar-refractivity contribution >= 4 is 5.82 Å². The van der Waals surface area contributed by atoms with Gasteiger partial charge in [-0.15, -0.1) is 5.10 Å². The van der Waals surface area contributed by atoms with Crippen molar-refractivity contribution in [3.05, 3.63) is 17.8 Å². The molecule has 5 nitrogen and oxygen atoms in total. The predicted molar refractivity (Wildman–Crippen MR) is 76.3 cm³/mol. The number of rotatable bonds is 3. The zero-order valence-electron chi connectivity index (χ0n) is 11.6. The van der Waals surface area contributed by atoms with Crippen molar-refractivity contribution in [1.29, 1.82) is 0 Å². The molecule has 0 spiro atoms. The van der Waals surface area contributed by atoms with E-state index in [1.54, 1.807) is 0 Å². The van der Waals surface area contributed by atoms with Gasteiger partial charge in [0.1, 0.15) is 0 Å². The molecule has 2 aliphatic heterocycles. The van der Waals surface area contributed by atoms with Crippen molar-refractivity contribution in [2.24, 2.45) is 11.7 Å². The summed E-state index contributed by atoms with van der Waals surface area (Å²) in [4.78, 5) is 4.65. The quantitative estimate of drug-likeness (QED) is 0.867. The molecule has 2 atom stereocenters. The molecule has 0 aliphatic carbocycles. The van der Waals surface area contributed by atoms with Gasteiger partial charge in [-0.2, -0.15) is 5.10 Å². The fourth-order valence-corrected chi connectivity index (χ4v) is 3.13. The van der Waals surface area contributed by atoms with Crippen LogP contribution in [0.3, 0.4) is 0 Å². The fourth-order valence-electron chi connectivity index (χ4n) is 3.13. The van der Waals surface area contributed by atoms with Crippen molar-refractivity contribution in [1.82, 2.24) is 15.1 Å². The molecule has 0 radical (unpaired) electrons. The summed E-state index contributed by atoms with van der Waals surface area (Å²) in [7, 11) is 2.17. The number of likely N-dealkylation sites (tertiary alicyclic amines) is 1. The summed E-state index contributed by atoms with van der Waals surface area (Å²) in [5, 5.41) is 8.86. The van der Waals surface area contributed by atoms with E-state index in [4.69, 9.17) is 5.73 Å². The highest BCUT2D eigenvalue weighted by molar-refractivity contribution is 5.39. The minimum atomic E-state index is 0.557. The van der Waals surface area contributed by atoms with Crippen LogP contribution in [0.1, 0.15) is 24.5 Å².